The van der Waals surface area contributed by atoms with Crippen LogP contribution in [-0.2, 0) is 19.2 Å². The van der Waals surface area contributed by atoms with E-state index in [1.165, 1.54) is 12.1 Å². The van der Waals surface area contributed by atoms with Gasteiger partial charge in [-0.15, -0.1) is 0 Å². The van der Waals surface area contributed by atoms with Crippen molar-refractivity contribution in [3.63, 3.8) is 0 Å². The molecule has 0 saturated carbocycles. The summed E-state index contributed by atoms with van der Waals surface area (Å²) in [6, 6.07) is 20.7. The lowest BCUT2D eigenvalue weighted by atomic mass is 9.76. The number of nitrogens with one attached hydrogen (secondary N) is 4. The fraction of sp³-hybridized carbons (Fsp3) is 0.517. The predicted molar refractivity (Wildman–Crippen MR) is 301 cm³/mol. The topological polar surface area (TPSA) is 116 Å². The smallest absolute Gasteiger partial charge is 0.143 e. The Hall–Kier alpha value is -3.00. The minimum atomic E-state index is -0.405. The Morgan fingerprint density at radius 1 is 0.432 bits per heavy atom. The summed E-state index contributed by atoms with van der Waals surface area (Å²) in [7, 11) is 0. The fourth-order valence-electron chi connectivity index (χ4n) is 10.3. The second-order valence-electron chi connectivity index (χ2n) is 22.5. The summed E-state index contributed by atoms with van der Waals surface area (Å²) in [6.45, 7) is 24.9. The lowest BCUT2D eigenvalue weighted by Gasteiger charge is -2.25. The van der Waals surface area contributed by atoms with Crippen LogP contribution in [0.15, 0.2) is 72.8 Å². The summed E-state index contributed by atoms with van der Waals surface area (Å²) in [6.07, 6.45) is 0. The number of ketones is 4. The first kappa shape index (κ1) is 61.8. The van der Waals surface area contributed by atoms with Crippen molar-refractivity contribution < 1.29 is 28.0 Å². The molecule has 4 aromatic rings. The minimum Gasteiger partial charge on any atom is -0.315 e. The Bertz CT molecular complexity index is 2620. The van der Waals surface area contributed by atoms with Gasteiger partial charge in [0.25, 0.3) is 0 Å². The number of halogens is 8. The standard InChI is InChI=1S/C15H19Cl2NO.C15H19ClFNO.C14H17Cl2NO.C14H17ClFNO/c1-15(2,3)14(19)11-8-18-7-10(11)9-4-5-12(16)13(17)6-9;1-15(2,3)14(19)12-8-18-7-11(12)10-5-4-9(16)6-13(10)17;1-8(2)14(18)11-7-17-6-10(11)9-3-4-12(15)13(16)5-9;1-8(2)14(18)12-7-17-6-11(12)10-4-3-9(15)5-13(10)16/h4-6,10-11,18H,7-8H2,1-3H3;4-6,11-12,18H,7-8H2,1-3H3;3-5,8,10-11,17H,6-7H2,1-2H3;3-5,8,11-12,17H,6-7H2,1-2H3/t10-,11+;11-,12+;10-,11+;11-,12+/m0011/s1. The summed E-state index contributed by atoms with van der Waals surface area (Å²) in [5, 5.41) is 15.9. The average molecular weight is 1140 g/mol. The van der Waals surface area contributed by atoms with Gasteiger partial charge < -0.3 is 21.3 Å². The Labute approximate surface area is 467 Å². The van der Waals surface area contributed by atoms with E-state index in [2.05, 4.69) is 21.3 Å². The van der Waals surface area contributed by atoms with Crippen LogP contribution in [0.4, 0.5) is 8.78 Å². The van der Waals surface area contributed by atoms with Crippen molar-refractivity contribution in [1.29, 1.82) is 0 Å². The molecular weight excluding hydrogens is 1070 g/mol. The Morgan fingerprint density at radius 2 is 0.743 bits per heavy atom. The average Bonchev–Trinajstić information content (AvgIpc) is 4.18. The van der Waals surface area contributed by atoms with Crippen molar-refractivity contribution in [2.24, 2.45) is 46.3 Å². The van der Waals surface area contributed by atoms with Crippen molar-refractivity contribution in [3.8, 4) is 0 Å². The molecule has 16 heteroatoms. The van der Waals surface area contributed by atoms with E-state index in [-0.39, 0.29) is 87.8 Å². The summed E-state index contributed by atoms with van der Waals surface area (Å²) in [4.78, 5) is 49.2. The van der Waals surface area contributed by atoms with E-state index < -0.39 is 5.41 Å². The molecular formula is C58H72Cl6F2N4O4. The molecule has 0 aromatic heterocycles. The van der Waals surface area contributed by atoms with E-state index in [1.54, 1.807) is 36.4 Å². The molecule has 4 fully saturated rings. The lowest BCUT2D eigenvalue weighted by molar-refractivity contribution is -0.130. The van der Waals surface area contributed by atoms with Crippen LogP contribution in [0.25, 0.3) is 0 Å². The summed E-state index contributed by atoms with van der Waals surface area (Å²) in [5.74, 6) is 0.326. The van der Waals surface area contributed by atoms with Gasteiger partial charge >= 0.3 is 0 Å². The molecule has 404 valence electrons. The highest BCUT2D eigenvalue weighted by atomic mass is 35.5. The second-order valence-corrected chi connectivity index (χ2v) is 25.0. The zero-order valence-electron chi connectivity index (χ0n) is 44.0. The molecule has 4 aliphatic heterocycles. The largest absolute Gasteiger partial charge is 0.315 e. The Balaban J connectivity index is 0.000000183. The normalized spacial score (nSPS) is 23.6. The zero-order valence-corrected chi connectivity index (χ0v) is 48.6. The monoisotopic (exact) mass is 1140 g/mol. The van der Waals surface area contributed by atoms with Gasteiger partial charge in [-0.3, -0.25) is 19.2 Å². The van der Waals surface area contributed by atoms with Gasteiger partial charge in [0.1, 0.15) is 34.8 Å². The first-order chi connectivity index (χ1) is 34.6. The third kappa shape index (κ3) is 16.0. The molecule has 0 unspecified atom stereocenters. The van der Waals surface area contributed by atoms with Crippen molar-refractivity contribution in [2.45, 2.75) is 92.9 Å². The molecule has 8 rings (SSSR count). The SMILES string of the molecule is CC(C)(C)C(=O)[C@@H]1CNC[C@H]1c1ccc(Cl)c(Cl)c1.CC(C)(C)C(=O)[C@@H]1CNC[C@H]1c1ccc(Cl)cc1F.CC(C)C(=O)[C@H]1CNC[C@@H]1c1ccc(Cl)c(Cl)c1.CC(C)C(=O)[C@H]1CNC[C@@H]1c1ccc(Cl)cc1F. The number of carbonyl (C=O) groups excluding carboxylic acids is 4. The molecule has 0 amide bonds. The minimum absolute atomic E-state index is 0.0113. The molecule has 0 radical (unpaired) electrons. The zero-order chi connectivity index (χ0) is 55.0. The van der Waals surface area contributed by atoms with Crippen LogP contribution < -0.4 is 21.3 Å². The number of benzene rings is 4. The number of Topliss-reactive ketones (excluding diaryl/α,β-unsaturated/α-hetero) is 4. The van der Waals surface area contributed by atoms with Crippen LogP contribution in [0, 0.1) is 58.0 Å². The maximum Gasteiger partial charge on any atom is 0.143 e. The first-order valence-corrected chi connectivity index (χ1v) is 27.7. The lowest BCUT2D eigenvalue weighted by Crippen LogP contribution is -2.32. The van der Waals surface area contributed by atoms with Crippen molar-refractivity contribution in [2.75, 3.05) is 52.4 Å². The highest BCUT2D eigenvalue weighted by Crippen LogP contribution is 2.39. The van der Waals surface area contributed by atoms with Crippen LogP contribution in [0.3, 0.4) is 0 Å². The molecule has 0 spiro atoms. The third-order valence-corrected chi connectivity index (χ3v) is 16.3. The molecule has 8 nitrogen and oxygen atoms in total. The van der Waals surface area contributed by atoms with Crippen LogP contribution in [-0.4, -0.2) is 75.5 Å². The molecule has 4 aromatic carbocycles. The van der Waals surface area contributed by atoms with E-state index in [9.17, 15) is 28.0 Å². The molecule has 0 bridgehead atoms. The summed E-state index contributed by atoms with van der Waals surface area (Å²) in [5.41, 5.74) is 2.62. The molecule has 8 atom stereocenters. The van der Waals surface area contributed by atoms with Gasteiger partial charge in [-0.25, -0.2) is 8.78 Å². The van der Waals surface area contributed by atoms with Crippen molar-refractivity contribution in [3.05, 3.63) is 137 Å². The molecule has 4 saturated heterocycles. The molecule has 0 aliphatic carbocycles. The van der Waals surface area contributed by atoms with Gasteiger partial charge in [-0.1, -0.05) is 163 Å². The van der Waals surface area contributed by atoms with E-state index >= 15 is 0 Å². The Kier molecular flexibility index (Phi) is 22.6. The predicted octanol–water partition coefficient (Wildman–Crippen LogP) is 13.8. The number of hydrogen-bond acceptors (Lipinski definition) is 8. The molecule has 4 N–H and O–H groups in total. The van der Waals surface area contributed by atoms with Crippen LogP contribution in [0.5, 0.6) is 0 Å². The van der Waals surface area contributed by atoms with Crippen molar-refractivity contribution in [1.82, 2.24) is 21.3 Å². The van der Waals surface area contributed by atoms with Gasteiger partial charge in [-0.2, -0.15) is 0 Å². The van der Waals surface area contributed by atoms with Gasteiger partial charge in [0.05, 0.1) is 20.1 Å². The van der Waals surface area contributed by atoms with Crippen LogP contribution in [0.2, 0.25) is 30.1 Å². The quantitative estimate of drug-likeness (QED) is 0.124. The third-order valence-electron chi connectivity index (χ3n) is 14.3. The Morgan fingerprint density at radius 3 is 1.08 bits per heavy atom. The first-order valence-electron chi connectivity index (χ1n) is 25.4. The van der Waals surface area contributed by atoms with Gasteiger partial charge in [0.15, 0.2) is 0 Å². The highest BCUT2D eigenvalue weighted by Gasteiger charge is 2.41. The highest BCUT2D eigenvalue weighted by molar-refractivity contribution is 6.42. The number of rotatable bonds is 10. The molecule has 4 aliphatic rings. The van der Waals surface area contributed by atoms with Gasteiger partial charge in [0, 0.05) is 132 Å². The fourth-order valence-corrected chi connectivity index (χ4v) is 11.2. The van der Waals surface area contributed by atoms with Crippen LogP contribution >= 0.6 is 69.6 Å². The van der Waals surface area contributed by atoms with Crippen molar-refractivity contribution >= 4 is 92.7 Å². The van der Waals surface area contributed by atoms with E-state index in [0.717, 1.165) is 37.3 Å². The second kappa shape index (κ2) is 27.0. The maximum atomic E-state index is 14.0. The molecule has 4 heterocycles. The van der Waals surface area contributed by atoms with Gasteiger partial charge in [0.2, 0.25) is 0 Å². The number of hydrogen-bond donors (Lipinski definition) is 4. The van der Waals surface area contributed by atoms with E-state index in [4.69, 9.17) is 69.6 Å². The summed E-state index contributed by atoms with van der Waals surface area (Å²) < 4.78 is 27.9. The van der Waals surface area contributed by atoms with E-state index in [1.807, 2.05) is 93.5 Å². The van der Waals surface area contributed by atoms with Gasteiger partial charge in [-0.05, 0) is 70.8 Å². The maximum absolute atomic E-state index is 14.0. The van der Waals surface area contributed by atoms with Crippen LogP contribution in [0.1, 0.15) is 115 Å². The van der Waals surface area contributed by atoms with E-state index in [0.29, 0.717) is 79.0 Å². The number of carbonyl (C=O) groups is 4. The molecule has 74 heavy (non-hydrogen) atoms. The summed E-state index contributed by atoms with van der Waals surface area (Å²) >= 11 is 35.5.